The summed E-state index contributed by atoms with van der Waals surface area (Å²) in [6.07, 6.45) is 2.10. The van der Waals surface area contributed by atoms with E-state index in [0.29, 0.717) is 11.3 Å². The van der Waals surface area contributed by atoms with Crippen LogP contribution in [-0.4, -0.2) is 33.9 Å². The van der Waals surface area contributed by atoms with E-state index in [1.165, 1.54) is 21.4 Å². The fourth-order valence-electron chi connectivity index (χ4n) is 4.65. The van der Waals surface area contributed by atoms with Crippen LogP contribution in [0.5, 0.6) is 0 Å². The summed E-state index contributed by atoms with van der Waals surface area (Å²) in [5, 5.41) is 6.15. The van der Waals surface area contributed by atoms with Crippen LogP contribution < -0.4 is 5.32 Å². The number of aromatic nitrogens is 1. The van der Waals surface area contributed by atoms with Gasteiger partial charge in [-0.3, -0.25) is 0 Å². The molecule has 3 aromatic carbocycles. The van der Waals surface area contributed by atoms with Crippen LogP contribution in [0.25, 0.3) is 10.2 Å². The van der Waals surface area contributed by atoms with E-state index in [4.69, 9.17) is 4.99 Å². The lowest BCUT2D eigenvalue weighted by atomic mass is 10.1. The van der Waals surface area contributed by atoms with Gasteiger partial charge in [-0.25, -0.2) is 9.98 Å². The summed E-state index contributed by atoms with van der Waals surface area (Å²) in [7, 11) is 2.18. The zero-order valence-electron chi connectivity index (χ0n) is 17.9. The van der Waals surface area contributed by atoms with Gasteiger partial charge in [0.2, 0.25) is 0 Å². The summed E-state index contributed by atoms with van der Waals surface area (Å²) in [5.41, 5.74) is 6.35. The highest BCUT2D eigenvalue weighted by atomic mass is 32.2. The Bertz CT molecular complexity index is 1260. The van der Waals surface area contributed by atoms with Crippen LogP contribution in [0.4, 0.5) is 10.8 Å². The Morgan fingerprint density at radius 3 is 2.72 bits per heavy atom. The van der Waals surface area contributed by atoms with E-state index < -0.39 is 0 Å². The predicted molar refractivity (Wildman–Crippen MR) is 137 cm³/mol. The van der Waals surface area contributed by atoms with E-state index in [0.717, 1.165) is 40.9 Å². The molecule has 160 valence electrons. The van der Waals surface area contributed by atoms with Crippen LogP contribution in [-0.2, 0) is 12.8 Å². The normalized spacial score (nSPS) is 20.7. The minimum absolute atomic E-state index is 0.447. The van der Waals surface area contributed by atoms with Crippen LogP contribution in [0, 0.1) is 0 Å². The van der Waals surface area contributed by atoms with Crippen molar-refractivity contribution < 1.29 is 0 Å². The van der Waals surface area contributed by atoms with E-state index in [2.05, 4.69) is 89.0 Å². The number of hydrogen-bond acceptors (Lipinski definition) is 5. The molecule has 4 aromatic rings. The molecule has 0 amide bonds. The fraction of sp³-hybridized carbons (Fsp3) is 0.231. The van der Waals surface area contributed by atoms with Crippen molar-refractivity contribution in [2.75, 3.05) is 18.9 Å². The van der Waals surface area contributed by atoms with Crippen molar-refractivity contribution in [2.24, 2.45) is 4.99 Å². The van der Waals surface area contributed by atoms with Crippen LogP contribution >= 0.6 is 23.1 Å². The summed E-state index contributed by atoms with van der Waals surface area (Å²) in [6.45, 7) is 0.870. The molecule has 2 atom stereocenters. The predicted octanol–water partition coefficient (Wildman–Crippen LogP) is 6.28. The zero-order chi connectivity index (χ0) is 21.5. The molecule has 1 aliphatic heterocycles. The smallest absolute Gasteiger partial charge is 0.183 e. The SMILES string of the molecule is CN1/C(=N/c2ccc(CCNc3nc4ccccc4s3)cc2)SC2Cc3ccccc3[C@@H]21. The van der Waals surface area contributed by atoms with Gasteiger partial charge < -0.3 is 10.2 Å². The van der Waals surface area contributed by atoms with Crippen molar-refractivity contribution in [1.82, 2.24) is 9.88 Å². The molecule has 0 bridgehead atoms. The largest absolute Gasteiger partial charge is 0.361 e. The standard InChI is InChI=1S/C26H24N4S2/c1-30-24-20-7-3-2-6-18(20)16-23(24)32-26(30)28-19-12-10-17(11-13-19)14-15-27-25-29-21-8-4-5-9-22(21)31-25/h2-13,23-24H,14-16H2,1H3,(H,27,29)/b28-26-/t23?,24-/m0/s1. The molecule has 1 aromatic heterocycles. The lowest BCUT2D eigenvalue weighted by Crippen LogP contribution is -2.23. The van der Waals surface area contributed by atoms with Crippen molar-refractivity contribution in [3.05, 3.63) is 89.5 Å². The molecule has 1 saturated heterocycles. The third-order valence-electron chi connectivity index (χ3n) is 6.27. The minimum atomic E-state index is 0.447. The molecule has 1 fully saturated rings. The van der Waals surface area contributed by atoms with Gasteiger partial charge in [-0.15, -0.1) is 0 Å². The van der Waals surface area contributed by atoms with E-state index in [1.54, 1.807) is 11.3 Å². The number of rotatable bonds is 5. The first kappa shape index (κ1) is 19.8. The Labute approximate surface area is 196 Å². The quantitative estimate of drug-likeness (QED) is 0.383. The van der Waals surface area contributed by atoms with Crippen molar-refractivity contribution in [3.63, 3.8) is 0 Å². The summed E-state index contributed by atoms with van der Waals surface area (Å²) < 4.78 is 1.22. The van der Waals surface area contributed by atoms with Gasteiger partial charge in [0.15, 0.2) is 10.3 Å². The van der Waals surface area contributed by atoms with E-state index >= 15 is 0 Å². The van der Waals surface area contributed by atoms with Crippen molar-refractivity contribution >= 4 is 49.3 Å². The Hall–Kier alpha value is -2.83. The van der Waals surface area contributed by atoms with Crippen molar-refractivity contribution in [3.8, 4) is 0 Å². The van der Waals surface area contributed by atoms with Gasteiger partial charge in [-0.1, -0.05) is 71.6 Å². The highest BCUT2D eigenvalue weighted by Gasteiger charge is 2.43. The van der Waals surface area contributed by atoms with E-state index in [9.17, 15) is 0 Å². The fourth-order valence-corrected chi connectivity index (χ4v) is 6.97. The number of nitrogens with zero attached hydrogens (tertiary/aromatic N) is 3. The molecule has 6 heteroatoms. The van der Waals surface area contributed by atoms with Gasteiger partial charge in [0, 0.05) is 18.8 Å². The number of para-hydroxylation sites is 1. The number of benzene rings is 3. The molecule has 0 saturated carbocycles. The van der Waals surface area contributed by atoms with Crippen molar-refractivity contribution in [2.45, 2.75) is 24.1 Å². The Morgan fingerprint density at radius 2 is 1.84 bits per heavy atom. The number of aliphatic imine (C=N–C) groups is 1. The second-order valence-electron chi connectivity index (χ2n) is 8.34. The Morgan fingerprint density at radius 1 is 1.03 bits per heavy atom. The third kappa shape index (κ3) is 3.67. The number of thioether (sulfide) groups is 1. The first-order chi connectivity index (χ1) is 15.7. The maximum absolute atomic E-state index is 4.97. The lowest BCUT2D eigenvalue weighted by Gasteiger charge is -2.21. The molecule has 32 heavy (non-hydrogen) atoms. The molecule has 1 unspecified atom stereocenters. The second kappa shape index (κ2) is 8.26. The van der Waals surface area contributed by atoms with Gasteiger partial charge in [0.05, 0.1) is 21.9 Å². The van der Waals surface area contributed by atoms with Gasteiger partial charge in [-0.05, 0) is 53.8 Å². The number of nitrogens with one attached hydrogen (secondary N) is 1. The average molecular weight is 457 g/mol. The zero-order valence-corrected chi connectivity index (χ0v) is 19.5. The summed E-state index contributed by atoms with van der Waals surface area (Å²) in [6, 6.07) is 26.2. The lowest BCUT2D eigenvalue weighted by molar-refractivity contribution is 0.402. The molecule has 1 N–H and O–H groups in total. The van der Waals surface area contributed by atoms with Gasteiger partial charge in [0.1, 0.15) is 0 Å². The average Bonchev–Trinajstić information content (AvgIpc) is 3.47. The van der Waals surface area contributed by atoms with E-state index in [1.807, 2.05) is 17.8 Å². The molecule has 2 heterocycles. The third-order valence-corrected chi connectivity index (χ3v) is 8.58. The number of amidine groups is 1. The second-order valence-corrected chi connectivity index (χ2v) is 10.6. The Kier molecular flexibility index (Phi) is 5.12. The molecule has 0 spiro atoms. The molecule has 0 radical (unpaired) electrons. The first-order valence-corrected chi connectivity index (χ1v) is 12.7. The number of thiazole rings is 1. The molecule has 1 aliphatic carbocycles. The molecule has 4 nitrogen and oxygen atoms in total. The summed E-state index contributed by atoms with van der Waals surface area (Å²) in [5.74, 6) is 0. The number of fused-ring (bicyclic) bond motifs is 4. The minimum Gasteiger partial charge on any atom is -0.361 e. The molecular formula is C26H24N4S2. The number of anilines is 1. The van der Waals surface area contributed by atoms with Crippen LogP contribution in [0.2, 0.25) is 0 Å². The van der Waals surface area contributed by atoms with Gasteiger partial charge in [0.25, 0.3) is 0 Å². The van der Waals surface area contributed by atoms with Crippen LogP contribution in [0.15, 0.2) is 77.8 Å². The van der Waals surface area contributed by atoms with Gasteiger partial charge >= 0.3 is 0 Å². The topological polar surface area (TPSA) is 40.5 Å². The van der Waals surface area contributed by atoms with Crippen molar-refractivity contribution in [1.29, 1.82) is 0 Å². The number of hydrogen-bond donors (Lipinski definition) is 1. The monoisotopic (exact) mass is 456 g/mol. The molecule has 6 rings (SSSR count). The highest BCUT2D eigenvalue weighted by Crippen LogP contribution is 2.48. The van der Waals surface area contributed by atoms with E-state index in [-0.39, 0.29) is 0 Å². The molecule has 2 aliphatic rings. The van der Waals surface area contributed by atoms with Gasteiger partial charge in [-0.2, -0.15) is 0 Å². The maximum atomic E-state index is 4.97. The summed E-state index contributed by atoms with van der Waals surface area (Å²) in [4.78, 5) is 12.0. The Balaban J connectivity index is 1.09. The first-order valence-electron chi connectivity index (χ1n) is 11.0. The molecular weight excluding hydrogens is 432 g/mol. The van der Waals surface area contributed by atoms with Crippen LogP contribution in [0.1, 0.15) is 22.7 Å². The maximum Gasteiger partial charge on any atom is 0.183 e. The summed E-state index contributed by atoms with van der Waals surface area (Å²) >= 11 is 3.63. The highest BCUT2D eigenvalue weighted by molar-refractivity contribution is 8.14. The van der Waals surface area contributed by atoms with Crippen LogP contribution in [0.3, 0.4) is 0 Å².